The molecule has 0 radical (unpaired) electrons. The molecule has 11 heteroatoms. The lowest BCUT2D eigenvalue weighted by molar-refractivity contribution is -0.384. The number of hydrogen-bond donors (Lipinski definition) is 2. The van der Waals surface area contributed by atoms with Crippen LogP contribution < -0.4 is 10.0 Å². The van der Waals surface area contributed by atoms with Crippen LogP contribution in [0.1, 0.15) is 25.5 Å². The van der Waals surface area contributed by atoms with Crippen molar-refractivity contribution in [2.45, 2.75) is 30.8 Å². The normalized spacial score (nSPS) is 13.1. The largest absolute Gasteiger partial charge is 0.464 e. The second-order valence-corrected chi connectivity index (χ2v) is 7.90. The highest BCUT2D eigenvalue weighted by atomic mass is 32.2. The SMILES string of the molecule is CCOC(=O)[C@@H](NC(C)=O)[C@@H](NS(=O)(=O)c1ccc([N+](=O)[O-])cc1)c1ccccc1. The van der Waals surface area contributed by atoms with Gasteiger partial charge >= 0.3 is 5.97 Å². The molecule has 2 aromatic carbocycles. The number of nitrogens with one attached hydrogen (secondary N) is 2. The maximum Gasteiger partial charge on any atom is 0.330 e. The first kappa shape index (κ1) is 23.0. The van der Waals surface area contributed by atoms with Gasteiger partial charge < -0.3 is 10.1 Å². The molecule has 0 spiro atoms. The van der Waals surface area contributed by atoms with E-state index in [1.165, 1.54) is 6.92 Å². The third-order valence-corrected chi connectivity index (χ3v) is 5.49. The number of nitro benzene ring substituents is 1. The van der Waals surface area contributed by atoms with Crippen molar-refractivity contribution >= 4 is 27.6 Å². The molecule has 0 aliphatic heterocycles. The molecular formula is C19H21N3O7S. The molecule has 2 N–H and O–H groups in total. The number of esters is 1. The van der Waals surface area contributed by atoms with Crippen molar-refractivity contribution < 1.29 is 27.7 Å². The lowest BCUT2D eigenvalue weighted by Crippen LogP contribution is -2.50. The maximum absolute atomic E-state index is 12.9. The third-order valence-electron chi connectivity index (χ3n) is 4.03. The molecule has 0 aromatic heterocycles. The summed E-state index contributed by atoms with van der Waals surface area (Å²) in [6, 6.07) is 9.97. The Kier molecular flexibility index (Phi) is 7.61. The van der Waals surface area contributed by atoms with Crippen LogP contribution in [-0.4, -0.2) is 37.9 Å². The zero-order chi connectivity index (χ0) is 22.3. The summed E-state index contributed by atoms with van der Waals surface area (Å²) < 4.78 is 33.3. The minimum atomic E-state index is -4.21. The average molecular weight is 435 g/mol. The fourth-order valence-electron chi connectivity index (χ4n) is 2.70. The second-order valence-electron chi connectivity index (χ2n) is 6.19. The Morgan fingerprint density at radius 2 is 1.70 bits per heavy atom. The number of non-ortho nitro benzene ring substituents is 1. The van der Waals surface area contributed by atoms with Crippen molar-refractivity contribution in [1.82, 2.24) is 10.0 Å². The van der Waals surface area contributed by atoms with Gasteiger partial charge in [0, 0.05) is 19.1 Å². The molecule has 0 saturated carbocycles. The van der Waals surface area contributed by atoms with Gasteiger partial charge in [0.15, 0.2) is 0 Å². The summed E-state index contributed by atoms with van der Waals surface area (Å²) in [6.45, 7) is 2.81. The van der Waals surface area contributed by atoms with E-state index in [1.807, 2.05) is 0 Å². The summed E-state index contributed by atoms with van der Waals surface area (Å²) in [5, 5.41) is 13.2. The van der Waals surface area contributed by atoms with E-state index in [9.17, 15) is 28.1 Å². The van der Waals surface area contributed by atoms with Gasteiger partial charge in [-0.15, -0.1) is 0 Å². The van der Waals surface area contributed by atoms with Crippen LogP contribution in [0.2, 0.25) is 0 Å². The highest BCUT2D eigenvalue weighted by molar-refractivity contribution is 7.89. The average Bonchev–Trinajstić information content (AvgIpc) is 2.71. The molecule has 2 rings (SSSR count). The number of benzene rings is 2. The van der Waals surface area contributed by atoms with Crippen LogP contribution in [-0.2, 0) is 24.3 Å². The van der Waals surface area contributed by atoms with Gasteiger partial charge in [0.1, 0.15) is 6.04 Å². The first-order valence-electron chi connectivity index (χ1n) is 8.91. The lowest BCUT2D eigenvalue weighted by Gasteiger charge is -2.27. The predicted molar refractivity (Wildman–Crippen MR) is 107 cm³/mol. The Morgan fingerprint density at radius 1 is 1.10 bits per heavy atom. The van der Waals surface area contributed by atoms with Crippen LogP contribution >= 0.6 is 0 Å². The summed E-state index contributed by atoms with van der Waals surface area (Å²) in [7, 11) is -4.21. The minimum absolute atomic E-state index is 0.0333. The number of nitro groups is 1. The highest BCUT2D eigenvalue weighted by Gasteiger charge is 2.35. The van der Waals surface area contributed by atoms with Crippen LogP contribution in [0.25, 0.3) is 0 Å². The summed E-state index contributed by atoms with van der Waals surface area (Å²) in [5.41, 5.74) is 0.144. The Balaban J connectivity index is 2.47. The van der Waals surface area contributed by atoms with Crippen LogP contribution in [0.4, 0.5) is 5.69 Å². The van der Waals surface area contributed by atoms with Gasteiger partial charge in [0.05, 0.1) is 22.5 Å². The van der Waals surface area contributed by atoms with Crippen molar-refractivity contribution in [2.75, 3.05) is 6.61 Å². The maximum atomic E-state index is 12.9. The number of carbonyl (C=O) groups is 2. The number of hydrogen-bond acceptors (Lipinski definition) is 7. The standard InChI is InChI=1S/C19H21N3O7S/c1-3-29-19(24)18(20-13(2)23)17(14-7-5-4-6-8-14)21-30(27,28)16-11-9-15(10-12-16)22(25)26/h4-12,17-18,21H,3H2,1-2H3,(H,20,23)/t17-,18-/m0/s1. The van der Waals surface area contributed by atoms with Crippen molar-refractivity contribution in [2.24, 2.45) is 0 Å². The summed E-state index contributed by atoms with van der Waals surface area (Å²) >= 11 is 0. The molecule has 0 bridgehead atoms. The van der Waals surface area contributed by atoms with Gasteiger partial charge in [0.2, 0.25) is 15.9 Å². The van der Waals surface area contributed by atoms with E-state index >= 15 is 0 Å². The molecule has 10 nitrogen and oxygen atoms in total. The number of ether oxygens (including phenoxy) is 1. The van der Waals surface area contributed by atoms with Crippen molar-refractivity contribution in [3.8, 4) is 0 Å². The third kappa shape index (κ3) is 5.84. The van der Waals surface area contributed by atoms with Gasteiger partial charge in [-0.1, -0.05) is 30.3 Å². The summed E-state index contributed by atoms with van der Waals surface area (Å²) in [5.74, 6) is -1.36. The zero-order valence-electron chi connectivity index (χ0n) is 16.3. The second kappa shape index (κ2) is 9.94. The predicted octanol–water partition coefficient (Wildman–Crippen LogP) is 1.68. The molecule has 0 fully saturated rings. The van der Waals surface area contributed by atoms with E-state index in [0.29, 0.717) is 5.56 Å². The fourth-order valence-corrected chi connectivity index (χ4v) is 3.94. The fraction of sp³-hybridized carbons (Fsp3) is 0.263. The van der Waals surface area contributed by atoms with E-state index in [0.717, 1.165) is 24.3 Å². The number of rotatable bonds is 9. The smallest absolute Gasteiger partial charge is 0.330 e. The van der Waals surface area contributed by atoms with Gasteiger partial charge in [0.25, 0.3) is 5.69 Å². The van der Waals surface area contributed by atoms with Crippen LogP contribution in [0.15, 0.2) is 59.5 Å². The number of sulfonamides is 1. The monoisotopic (exact) mass is 435 g/mol. The van der Waals surface area contributed by atoms with Gasteiger partial charge in [-0.05, 0) is 24.6 Å². The number of carbonyl (C=O) groups excluding carboxylic acids is 2. The van der Waals surface area contributed by atoms with Gasteiger partial charge in [-0.3, -0.25) is 14.9 Å². The zero-order valence-corrected chi connectivity index (χ0v) is 17.1. The molecule has 0 heterocycles. The van der Waals surface area contributed by atoms with Crippen LogP contribution in [0, 0.1) is 10.1 Å². The van der Waals surface area contributed by atoms with E-state index in [2.05, 4.69) is 10.0 Å². The molecule has 1 amide bonds. The molecule has 2 atom stereocenters. The van der Waals surface area contributed by atoms with Crippen LogP contribution in [0.5, 0.6) is 0 Å². The molecule has 0 unspecified atom stereocenters. The first-order valence-corrected chi connectivity index (χ1v) is 10.4. The molecule has 30 heavy (non-hydrogen) atoms. The van der Waals surface area contributed by atoms with E-state index < -0.39 is 38.9 Å². The Hall–Kier alpha value is -3.31. The summed E-state index contributed by atoms with van der Waals surface area (Å²) in [4.78, 5) is 34.1. The molecule has 0 aliphatic rings. The quantitative estimate of drug-likeness (QED) is 0.346. The Labute approximate surface area is 173 Å². The number of nitrogens with zero attached hydrogens (tertiary/aromatic N) is 1. The lowest BCUT2D eigenvalue weighted by atomic mass is 10.00. The van der Waals surface area contributed by atoms with E-state index in [4.69, 9.17) is 4.74 Å². The molecule has 0 saturated heterocycles. The van der Waals surface area contributed by atoms with E-state index in [-0.39, 0.29) is 17.2 Å². The molecule has 160 valence electrons. The van der Waals surface area contributed by atoms with Gasteiger partial charge in [-0.25, -0.2) is 17.9 Å². The highest BCUT2D eigenvalue weighted by Crippen LogP contribution is 2.23. The topological polar surface area (TPSA) is 145 Å². The van der Waals surface area contributed by atoms with Gasteiger partial charge in [-0.2, -0.15) is 0 Å². The van der Waals surface area contributed by atoms with E-state index in [1.54, 1.807) is 37.3 Å². The van der Waals surface area contributed by atoms with Crippen molar-refractivity contribution in [3.63, 3.8) is 0 Å². The Bertz CT molecular complexity index is 1010. The molecule has 2 aromatic rings. The minimum Gasteiger partial charge on any atom is -0.464 e. The molecule has 0 aliphatic carbocycles. The molecular weight excluding hydrogens is 414 g/mol. The first-order chi connectivity index (χ1) is 14.2. The summed E-state index contributed by atoms with van der Waals surface area (Å²) in [6.07, 6.45) is 0. The van der Waals surface area contributed by atoms with Crippen molar-refractivity contribution in [1.29, 1.82) is 0 Å². The van der Waals surface area contributed by atoms with Crippen LogP contribution in [0.3, 0.4) is 0 Å². The number of amides is 1. The Morgan fingerprint density at radius 3 is 2.20 bits per heavy atom. The van der Waals surface area contributed by atoms with Crippen molar-refractivity contribution in [3.05, 3.63) is 70.3 Å².